The molecule has 7 heteroatoms. The van der Waals surface area contributed by atoms with Gasteiger partial charge in [0.2, 0.25) is 0 Å². The summed E-state index contributed by atoms with van der Waals surface area (Å²) in [5.74, 6) is 0.955. The zero-order valence-corrected chi connectivity index (χ0v) is 21.6. The Morgan fingerprint density at radius 3 is 2.59 bits per heavy atom. The van der Waals surface area contributed by atoms with Gasteiger partial charge >= 0.3 is 5.76 Å². The Labute approximate surface area is 214 Å². The lowest BCUT2D eigenvalue weighted by Gasteiger charge is -2.16. The summed E-state index contributed by atoms with van der Waals surface area (Å²) in [6.07, 6.45) is 2.71. The molecule has 3 aromatic heterocycles. The van der Waals surface area contributed by atoms with Gasteiger partial charge in [-0.3, -0.25) is 9.51 Å². The number of aromatic nitrogens is 5. The lowest BCUT2D eigenvalue weighted by atomic mass is 9.89. The first-order chi connectivity index (χ1) is 17.9. The lowest BCUT2D eigenvalue weighted by molar-refractivity contribution is 0.385. The summed E-state index contributed by atoms with van der Waals surface area (Å²) in [7, 11) is 0. The van der Waals surface area contributed by atoms with Crippen LogP contribution in [0.4, 0.5) is 0 Å². The minimum atomic E-state index is -0.550. The standard InChI is InChI=1S/C30H29N5O2/c1-5-25-32-27-17(2)14-18(3)31-29(27)35(25)16-20-10-13-24-22(15-20)12-11-21-8-6-7-9-23(21)26(24)19(4)28-33-30(36)37-34-28/h6-10,13-15H,5,11-12,16H2,1-4H3,(H,33,34,36). The molecule has 0 spiro atoms. The van der Waals surface area contributed by atoms with Crippen LogP contribution in [0.2, 0.25) is 0 Å². The lowest BCUT2D eigenvalue weighted by Crippen LogP contribution is -2.07. The zero-order chi connectivity index (χ0) is 25.7. The number of aryl methyl sites for hydroxylation is 5. The van der Waals surface area contributed by atoms with E-state index in [9.17, 15) is 4.79 Å². The van der Waals surface area contributed by atoms with Gasteiger partial charge in [0.05, 0.1) is 6.54 Å². The van der Waals surface area contributed by atoms with Crippen LogP contribution >= 0.6 is 0 Å². The Morgan fingerprint density at radius 1 is 1.03 bits per heavy atom. The maximum atomic E-state index is 11.7. The molecule has 186 valence electrons. The second-order valence-electron chi connectivity index (χ2n) is 9.81. The van der Waals surface area contributed by atoms with Crippen LogP contribution in [-0.2, 0) is 25.8 Å². The second-order valence-corrected chi connectivity index (χ2v) is 9.81. The first-order valence-corrected chi connectivity index (χ1v) is 12.7. The van der Waals surface area contributed by atoms with Crippen LogP contribution in [-0.4, -0.2) is 24.7 Å². The highest BCUT2D eigenvalue weighted by atomic mass is 16.5. The highest BCUT2D eigenvalue weighted by Gasteiger charge is 2.23. The van der Waals surface area contributed by atoms with Crippen LogP contribution in [0.1, 0.15) is 64.6 Å². The number of fused-ring (bicyclic) bond motifs is 3. The van der Waals surface area contributed by atoms with Gasteiger partial charge in [-0.25, -0.2) is 14.8 Å². The molecule has 3 heterocycles. The Hall–Kier alpha value is -4.26. The van der Waals surface area contributed by atoms with Gasteiger partial charge in [-0.1, -0.05) is 54.5 Å². The number of benzene rings is 2. The molecule has 0 bridgehead atoms. The van der Waals surface area contributed by atoms with Gasteiger partial charge in [0.1, 0.15) is 11.3 Å². The van der Waals surface area contributed by atoms with Gasteiger partial charge in [0.25, 0.3) is 0 Å². The normalized spacial score (nSPS) is 14.4. The number of nitrogens with one attached hydrogen (secondary N) is 1. The van der Waals surface area contributed by atoms with Crippen LogP contribution in [0, 0.1) is 13.8 Å². The van der Waals surface area contributed by atoms with Crippen molar-refractivity contribution in [3.63, 3.8) is 0 Å². The minimum absolute atomic E-state index is 0.459. The van der Waals surface area contributed by atoms with Crippen molar-refractivity contribution in [2.24, 2.45) is 0 Å². The molecule has 6 rings (SSSR count). The second kappa shape index (κ2) is 9.00. The van der Waals surface area contributed by atoms with E-state index in [1.807, 2.05) is 13.8 Å². The molecular formula is C30H29N5O2. The third kappa shape index (κ3) is 4.00. The molecule has 37 heavy (non-hydrogen) atoms. The number of nitrogens with zero attached hydrogens (tertiary/aromatic N) is 4. The van der Waals surface area contributed by atoms with Gasteiger partial charge in [-0.05, 0) is 78.6 Å². The van der Waals surface area contributed by atoms with E-state index in [0.29, 0.717) is 12.4 Å². The molecule has 5 aromatic rings. The van der Waals surface area contributed by atoms with Crippen molar-refractivity contribution in [3.05, 3.63) is 110 Å². The molecule has 1 N–H and O–H groups in total. The Morgan fingerprint density at radius 2 is 1.81 bits per heavy atom. The molecule has 0 atom stereocenters. The summed E-state index contributed by atoms with van der Waals surface area (Å²) in [6.45, 7) is 8.98. The summed E-state index contributed by atoms with van der Waals surface area (Å²) in [5.41, 5.74) is 12.2. The van der Waals surface area contributed by atoms with Crippen molar-refractivity contribution >= 4 is 22.3 Å². The van der Waals surface area contributed by atoms with Gasteiger partial charge in [0.15, 0.2) is 11.5 Å². The van der Waals surface area contributed by atoms with Crippen LogP contribution < -0.4 is 5.76 Å². The molecule has 2 aromatic carbocycles. The van der Waals surface area contributed by atoms with Gasteiger partial charge in [-0.2, -0.15) is 0 Å². The van der Waals surface area contributed by atoms with E-state index in [-0.39, 0.29) is 0 Å². The topological polar surface area (TPSA) is 89.6 Å². The Kier molecular flexibility index (Phi) is 5.63. The maximum absolute atomic E-state index is 11.7. The van der Waals surface area contributed by atoms with Gasteiger partial charge in [-0.15, -0.1) is 0 Å². The third-order valence-electron chi connectivity index (χ3n) is 7.32. The average molecular weight is 492 g/mol. The number of allylic oxidation sites excluding steroid dienone is 1. The largest absolute Gasteiger partial charge is 0.439 e. The van der Waals surface area contributed by atoms with Crippen molar-refractivity contribution in [2.45, 2.75) is 53.5 Å². The number of pyridine rings is 1. The molecule has 0 unspecified atom stereocenters. The molecule has 0 amide bonds. The highest BCUT2D eigenvalue weighted by molar-refractivity contribution is 5.98. The predicted octanol–water partition coefficient (Wildman–Crippen LogP) is 5.41. The maximum Gasteiger partial charge on any atom is 0.439 e. The minimum Gasteiger partial charge on any atom is -0.308 e. The fourth-order valence-corrected chi connectivity index (χ4v) is 5.57. The van der Waals surface area contributed by atoms with Crippen LogP contribution in [0.25, 0.3) is 22.3 Å². The van der Waals surface area contributed by atoms with Gasteiger partial charge in [0, 0.05) is 17.7 Å². The van der Waals surface area contributed by atoms with E-state index >= 15 is 0 Å². The van der Waals surface area contributed by atoms with E-state index in [1.54, 1.807) is 0 Å². The van der Waals surface area contributed by atoms with Crippen molar-refractivity contribution in [1.82, 2.24) is 24.7 Å². The van der Waals surface area contributed by atoms with E-state index in [2.05, 4.69) is 77.1 Å². The fraction of sp³-hybridized carbons (Fsp3) is 0.267. The molecule has 0 radical (unpaired) electrons. The highest BCUT2D eigenvalue weighted by Crippen LogP contribution is 2.38. The number of aromatic amines is 1. The first-order valence-electron chi connectivity index (χ1n) is 12.7. The number of imidazole rings is 1. The molecule has 0 fully saturated rings. The number of hydrogen-bond donors (Lipinski definition) is 1. The summed E-state index contributed by atoms with van der Waals surface area (Å²) in [5, 5.41) is 3.98. The average Bonchev–Trinajstić information content (AvgIpc) is 3.43. The van der Waals surface area contributed by atoms with Crippen LogP contribution in [0.3, 0.4) is 0 Å². The zero-order valence-electron chi connectivity index (χ0n) is 21.6. The molecule has 7 nitrogen and oxygen atoms in total. The van der Waals surface area contributed by atoms with Gasteiger partial charge < -0.3 is 4.57 Å². The Balaban J connectivity index is 1.49. The summed E-state index contributed by atoms with van der Waals surface area (Å²) in [4.78, 5) is 24.2. The molecule has 1 aliphatic rings. The smallest absolute Gasteiger partial charge is 0.308 e. The SMILES string of the molecule is CCc1nc2c(C)cc(C)nc2n1Cc1ccc2c(c1)CCc1ccccc1C2=C(C)c1noc(=O)[nH]1. The van der Waals surface area contributed by atoms with E-state index in [4.69, 9.17) is 14.5 Å². The first kappa shape index (κ1) is 23.2. The monoisotopic (exact) mass is 491 g/mol. The molecular weight excluding hydrogens is 462 g/mol. The van der Waals surface area contributed by atoms with E-state index in [1.165, 1.54) is 22.3 Å². The van der Waals surface area contributed by atoms with E-state index in [0.717, 1.165) is 64.2 Å². The molecule has 1 aliphatic carbocycles. The number of hydrogen-bond acceptors (Lipinski definition) is 5. The van der Waals surface area contributed by atoms with Crippen molar-refractivity contribution in [2.75, 3.05) is 0 Å². The summed E-state index contributed by atoms with van der Waals surface area (Å²) in [6, 6.07) is 17.3. The molecule has 0 saturated carbocycles. The summed E-state index contributed by atoms with van der Waals surface area (Å²) >= 11 is 0. The van der Waals surface area contributed by atoms with Crippen molar-refractivity contribution in [1.29, 1.82) is 0 Å². The predicted molar refractivity (Wildman–Crippen MR) is 144 cm³/mol. The third-order valence-corrected chi connectivity index (χ3v) is 7.32. The Bertz CT molecular complexity index is 1750. The van der Waals surface area contributed by atoms with E-state index < -0.39 is 5.76 Å². The fourth-order valence-electron chi connectivity index (χ4n) is 5.57. The van der Waals surface area contributed by atoms with Crippen LogP contribution in [0.15, 0.2) is 57.8 Å². The number of H-pyrrole nitrogens is 1. The quantitative estimate of drug-likeness (QED) is 0.363. The van der Waals surface area contributed by atoms with Crippen molar-refractivity contribution in [3.8, 4) is 0 Å². The molecule has 0 saturated heterocycles. The van der Waals surface area contributed by atoms with Crippen LogP contribution in [0.5, 0.6) is 0 Å². The van der Waals surface area contributed by atoms with Crippen molar-refractivity contribution < 1.29 is 4.52 Å². The number of rotatable bonds is 4. The summed E-state index contributed by atoms with van der Waals surface area (Å²) < 4.78 is 7.08. The molecule has 0 aliphatic heterocycles.